The van der Waals surface area contributed by atoms with E-state index in [9.17, 15) is 16.8 Å². The molecule has 0 amide bonds. The molecule has 0 unspecified atom stereocenters. The molecule has 0 saturated heterocycles. The number of aliphatic carboxylic acids is 2. The van der Waals surface area contributed by atoms with Crippen LogP contribution in [-0.2, 0) is 81.5 Å². The second kappa shape index (κ2) is 12.8. The van der Waals surface area contributed by atoms with E-state index in [1.54, 1.807) is 0 Å². The maximum atomic E-state index is 12.9. The number of carbonyl (C=O) groups is 2. The van der Waals surface area contributed by atoms with Gasteiger partial charge in [-0.25, -0.2) is 0 Å². The van der Waals surface area contributed by atoms with Crippen molar-refractivity contribution < 1.29 is 88.9 Å². The molecule has 2 N–H and O–H groups in total. The summed E-state index contributed by atoms with van der Waals surface area (Å²) in [5.74, 6) is -1.67. The first-order valence-corrected chi connectivity index (χ1v) is 17.3. The molecular formula is C17H16Cl2Hg2O8S2. The standard InChI is InChI=1S/C13H8Cl2O4S2.2C2H4O2.2Hg/c14-10-1-5-12(6-2-10)20(16,17)9-21(18,19)13-7-3-11(15)4-8-13;2*1-2(3)4;;/h1-8H;2*1H3,(H,3,4);;. The second-order valence-electron chi connectivity index (χ2n) is 5.86. The monoisotopic (exact) mass is 886 g/mol. The summed E-state index contributed by atoms with van der Waals surface area (Å²) in [6.45, 7) is 2.17. The van der Waals surface area contributed by atoms with Crippen molar-refractivity contribution in [1.82, 2.24) is 0 Å². The molecular weight excluding hydrogens is 868 g/mol. The van der Waals surface area contributed by atoms with Crippen molar-refractivity contribution in [2.75, 3.05) is 0 Å². The van der Waals surface area contributed by atoms with E-state index >= 15 is 0 Å². The van der Waals surface area contributed by atoms with Crippen molar-refractivity contribution >= 4 is 54.8 Å². The molecule has 2 aromatic rings. The van der Waals surface area contributed by atoms with E-state index in [0.717, 1.165) is 13.8 Å². The first-order valence-electron chi connectivity index (χ1n) is 8.07. The molecule has 0 aromatic heterocycles. The van der Waals surface area contributed by atoms with Crippen LogP contribution >= 0.6 is 23.2 Å². The summed E-state index contributed by atoms with van der Waals surface area (Å²) >= 11 is 10.5. The van der Waals surface area contributed by atoms with Gasteiger partial charge in [-0.1, -0.05) is 0 Å². The minimum absolute atomic E-state index is 0.00978. The van der Waals surface area contributed by atoms with Crippen LogP contribution in [-0.4, -0.2) is 38.1 Å². The number of hydrogen-bond donors (Lipinski definition) is 2. The van der Waals surface area contributed by atoms with Gasteiger partial charge in [-0.2, -0.15) is 0 Å². The van der Waals surface area contributed by atoms with Crippen LogP contribution in [0.3, 0.4) is 0 Å². The van der Waals surface area contributed by atoms with E-state index < -0.39 is 83.0 Å². The van der Waals surface area contributed by atoms with E-state index in [0.29, 0.717) is 10.0 Å². The van der Waals surface area contributed by atoms with Crippen molar-refractivity contribution in [3.63, 3.8) is 0 Å². The molecule has 31 heavy (non-hydrogen) atoms. The van der Waals surface area contributed by atoms with Crippen molar-refractivity contribution in [3.8, 4) is 0 Å². The third kappa shape index (κ3) is 9.24. The number of sulfone groups is 2. The zero-order valence-electron chi connectivity index (χ0n) is 16.4. The predicted molar refractivity (Wildman–Crippen MR) is 107 cm³/mol. The number of halogens is 2. The molecule has 2 rings (SSSR count). The SMILES string of the molecule is CC(=O)O.CC(=O)O.O=S(=O)(c1ccc(Cl)cc1)[C]([Hg])([Hg])S(=O)(=O)c1ccc(Cl)cc1. The summed E-state index contributed by atoms with van der Waals surface area (Å²) in [6.07, 6.45) is 0. The Balaban J connectivity index is 0.000000967. The Kier molecular flexibility index (Phi) is 12.7. The fourth-order valence-corrected chi connectivity index (χ4v) is 13.4. The summed E-state index contributed by atoms with van der Waals surface area (Å²) in [4.78, 5) is 18.0. The number of hydrogen-bond acceptors (Lipinski definition) is 6. The predicted octanol–water partition coefficient (Wildman–Crippen LogP) is 3.13. The van der Waals surface area contributed by atoms with Gasteiger partial charge in [-0.15, -0.1) is 0 Å². The molecule has 0 atom stereocenters. The zero-order chi connectivity index (χ0) is 24.6. The van der Waals surface area contributed by atoms with Gasteiger partial charge in [0, 0.05) is 13.8 Å². The summed E-state index contributed by atoms with van der Waals surface area (Å²) < 4.78 is 49.9. The molecule has 2 aromatic carbocycles. The fraction of sp³-hybridized carbons (Fsp3) is 0.176. The Morgan fingerprint density at radius 3 is 1.10 bits per heavy atom. The third-order valence-corrected chi connectivity index (χ3v) is 26.5. The van der Waals surface area contributed by atoms with E-state index in [1.165, 1.54) is 48.5 Å². The van der Waals surface area contributed by atoms with Crippen LogP contribution in [0.5, 0.6) is 0 Å². The van der Waals surface area contributed by atoms with E-state index in [4.69, 9.17) is 43.0 Å². The average molecular weight is 885 g/mol. The number of benzene rings is 2. The van der Waals surface area contributed by atoms with Gasteiger partial charge >= 0.3 is 179 Å². The van der Waals surface area contributed by atoms with E-state index in [2.05, 4.69) is 0 Å². The van der Waals surface area contributed by atoms with Gasteiger partial charge in [0.05, 0.1) is 0 Å². The summed E-state index contributed by atoms with van der Waals surface area (Å²) in [5.41, 5.74) is 0. The van der Waals surface area contributed by atoms with Crippen LogP contribution in [0.15, 0.2) is 58.3 Å². The van der Waals surface area contributed by atoms with Gasteiger partial charge in [0.2, 0.25) is 0 Å². The molecule has 0 spiro atoms. The molecule has 0 fully saturated rings. The van der Waals surface area contributed by atoms with Gasteiger partial charge < -0.3 is 10.2 Å². The Morgan fingerprint density at radius 2 is 0.903 bits per heavy atom. The average Bonchev–Trinajstić information content (AvgIpc) is 2.61. The van der Waals surface area contributed by atoms with E-state index in [1.807, 2.05) is 0 Å². The minimum atomic E-state index is -3.98. The molecule has 0 aliphatic rings. The van der Waals surface area contributed by atoms with Gasteiger partial charge in [0.15, 0.2) is 0 Å². The summed E-state index contributed by atoms with van der Waals surface area (Å²) in [5, 5.41) is 15.6. The van der Waals surface area contributed by atoms with Gasteiger partial charge in [0.1, 0.15) is 0 Å². The molecule has 14 heteroatoms. The first kappa shape index (κ1) is 30.7. The topological polar surface area (TPSA) is 143 Å². The third-order valence-electron chi connectivity index (χ3n) is 3.23. The van der Waals surface area contributed by atoms with Crippen LogP contribution in [0.2, 0.25) is 10.0 Å². The molecule has 8 nitrogen and oxygen atoms in total. The molecule has 0 aliphatic carbocycles. The number of carboxylic acid groups (broad SMARTS) is 2. The van der Waals surface area contributed by atoms with Crippen molar-refractivity contribution in [1.29, 1.82) is 0 Å². The molecule has 0 saturated carbocycles. The van der Waals surface area contributed by atoms with Crippen LogP contribution in [0.1, 0.15) is 13.8 Å². The van der Waals surface area contributed by atoms with Crippen molar-refractivity contribution in [3.05, 3.63) is 58.6 Å². The summed E-state index contributed by atoms with van der Waals surface area (Å²) in [7, 11) is -7.96. The zero-order valence-corrected chi connectivity index (χ0v) is 30.6. The fourth-order valence-electron chi connectivity index (χ4n) is 1.80. The van der Waals surface area contributed by atoms with Crippen LogP contribution in [0.25, 0.3) is 0 Å². The van der Waals surface area contributed by atoms with Gasteiger partial charge in [-0.05, 0) is 0 Å². The second-order valence-corrected chi connectivity index (χ2v) is 44.0. The van der Waals surface area contributed by atoms with Crippen LogP contribution in [0, 0.1) is 0 Å². The molecule has 162 valence electrons. The normalized spacial score (nSPS) is 11.4. The number of rotatable bonds is 4. The van der Waals surface area contributed by atoms with Crippen molar-refractivity contribution in [2.45, 2.75) is 22.7 Å². The van der Waals surface area contributed by atoms with Gasteiger partial charge in [-0.3, -0.25) is 9.59 Å². The maximum absolute atomic E-state index is 12.9. The quantitative estimate of drug-likeness (QED) is 0.447. The van der Waals surface area contributed by atoms with Gasteiger partial charge in [0.25, 0.3) is 11.9 Å². The molecule has 0 radical (unpaired) electrons. The Bertz CT molecular complexity index is 1020. The van der Waals surface area contributed by atoms with Crippen LogP contribution < -0.4 is 0 Å². The first-order chi connectivity index (χ1) is 14.0. The molecule has 0 heterocycles. The van der Waals surface area contributed by atoms with Crippen molar-refractivity contribution in [2.24, 2.45) is 0 Å². The van der Waals surface area contributed by atoms with E-state index in [-0.39, 0.29) is 9.79 Å². The Labute approximate surface area is 222 Å². The number of carboxylic acids is 2. The van der Waals surface area contributed by atoms with Crippen LogP contribution in [0.4, 0.5) is 0 Å². The Morgan fingerprint density at radius 1 is 0.710 bits per heavy atom. The molecule has 0 bridgehead atoms. The Hall–Kier alpha value is -0.270. The molecule has 0 aliphatic heterocycles. The summed E-state index contributed by atoms with van der Waals surface area (Å²) in [6, 6.07) is 11.2.